The fourth-order valence-corrected chi connectivity index (χ4v) is 8.72. The number of rotatable bonds is 4. The lowest BCUT2D eigenvalue weighted by Crippen LogP contribution is -2.46. The number of aromatic nitrogens is 1. The van der Waals surface area contributed by atoms with Crippen LogP contribution in [0.5, 0.6) is 11.5 Å². The average Bonchev–Trinajstić information content (AvgIpc) is 0.931. The van der Waals surface area contributed by atoms with E-state index in [4.69, 9.17) is 32.5 Å². The Balaban J connectivity index is 1.22. The predicted octanol–water partition coefficient (Wildman–Crippen LogP) is 13.7. The van der Waals surface area contributed by atoms with Crippen LogP contribution in [0.4, 0.5) is 0 Å². The Kier molecular flexibility index (Phi) is 3.19. The Hall–Kier alpha value is -7.21. The molecule has 0 saturated carbocycles. The molecule has 59 heavy (non-hydrogen) atoms. The van der Waals surface area contributed by atoms with E-state index >= 15 is 0 Å². The van der Waals surface area contributed by atoms with E-state index in [0.717, 1.165) is 10.6 Å². The van der Waals surface area contributed by atoms with Gasteiger partial charge in [-0.3, -0.25) is 0 Å². The molecule has 11 aromatic rings. The number of hydrogen-bond donors (Lipinski definition) is 0. The van der Waals surface area contributed by atoms with E-state index in [2.05, 4.69) is 0 Å². The Bertz CT molecular complexity index is 5350. The number of nitrogens with zero attached hydrogens (tertiary/aromatic N) is 1. The van der Waals surface area contributed by atoms with Crippen LogP contribution in [0.25, 0.3) is 93.9 Å². The molecule has 2 aliphatic heterocycles. The van der Waals surface area contributed by atoms with Crippen LogP contribution in [0.2, 0.25) is 0 Å². The molecule has 2 aliphatic rings. The van der Waals surface area contributed by atoms with Gasteiger partial charge in [-0.2, -0.15) is 11.6 Å². The lowest BCUT2D eigenvalue weighted by molar-refractivity contribution is 0.488. The van der Waals surface area contributed by atoms with Gasteiger partial charge >= 0.3 is 0 Å². The minimum atomic E-state index is -1.56. The highest BCUT2D eigenvalue weighted by Gasteiger charge is 2.39. The van der Waals surface area contributed by atoms with Crippen LogP contribution in [-0.2, 0) is 0 Å². The van der Waals surface area contributed by atoms with Crippen LogP contribution in [0.15, 0.2) is 203 Å². The molecular weight excluding hydrogens is 737 g/mol. The number of hydrogen-bond acceptors (Lipinski definition) is 3. The zero-order chi connectivity index (χ0) is 65.6. The highest BCUT2D eigenvalue weighted by molar-refractivity contribution is 8.28. The summed E-state index contributed by atoms with van der Waals surface area (Å²) in [5, 5.41) is -1.85. The van der Waals surface area contributed by atoms with Gasteiger partial charge in [-0.05, 0) is 116 Å². The second kappa shape index (κ2) is 12.6. The van der Waals surface area contributed by atoms with Crippen LogP contribution >= 0.6 is 11.6 Å². The summed E-state index contributed by atoms with van der Waals surface area (Å²) in [5.74, 6) is -2.85. The van der Waals surface area contributed by atoms with E-state index in [1.807, 2.05) is 0 Å². The molecule has 0 spiro atoms. The van der Waals surface area contributed by atoms with Crippen LogP contribution in [-0.4, -0.2) is 10.6 Å². The van der Waals surface area contributed by atoms with Crippen LogP contribution in [0.1, 0.15) is 42.5 Å². The van der Waals surface area contributed by atoms with Crippen molar-refractivity contribution in [1.82, 2.24) is 4.57 Å². The Labute approximate surface area is 388 Å². The van der Waals surface area contributed by atoms with E-state index in [-0.39, 0.29) is 10.9 Å². The predicted molar refractivity (Wildman–Crippen MR) is 247 cm³/mol. The van der Waals surface area contributed by atoms with Gasteiger partial charge in [-0.15, -0.1) is 0 Å². The molecule has 0 unspecified atom stereocenters. The summed E-state index contributed by atoms with van der Waals surface area (Å²) in [5.41, 5.74) is -9.90. The largest absolute Gasteiger partial charge is 0.458 e. The van der Waals surface area contributed by atoms with Crippen molar-refractivity contribution in [3.05, 3.63) is 193 Å². The van der Waals surface area contributed by atoms with E-state index in [0.29, 0.717) is 11.6 Å². The highest BCUT2D eigenvalue weighted by atomic mass is 32.2. The second-order valence-electron chi connectivity index (χ2n) is 13.1. The molecule has 5 heteroatoms. The average molecular weight is 801 g/mol. The standard InChI is InChI=1S/C54H32BNO2S/c1-2-14-37(36(13-1)33-25-27-50-42(29-33)41-18-6-11-23-49(41)57-50)34-26-28-53-43(30-34)44-31-35(32-52-54(44)55(59-53)45-19-7-12-24-51(45)58-52)38-15-3-8-20-46(38)56-47-21-9-4-16-39(47)40-17-5-10-22-48(40)56/h1-32H/i1D,2D,3D,4D,5D,6D,7D,8D,9D,11D,12D,13D,14D,15D,16D,17D,18D,19D,20D,21D,22D,23D,24D,25D,26D,27D,28D,29D,30D,31D,32D. The normalized spacial score (nSPS) is 20.1. The summed E-state index contributed by atoms with van der Waals surface area (Å²) >= 11 is 0.594. The minimum Gasteiger partial charge on any atom is -0.458 e. The maximum absolute atomic E-state index is 10.5. The molecule has 0 aliphatic carbocycles. The van der Waals surface area contributed by atoms with Crippen molar-refractivity contribution < 1.29 is 51.6 Å². The van der Waals surface area contributed by atoms with Gasteiger partial charge in [-0.25, -0.2) is 0 Å². The monoisotopic (exact) mass is 800 g/mol. The third-order valence-electron chi connectivity index (χ3n) is 9.97. The first-order valence-corrected chi connectivity index (χ1v) is 18.5. The van der Waals surface area contributed by atoms with E-state index in [1.54, 1.807) is 0 Å². The van der Waals surface area contributed by atoms with E-state index < -0.39 is 304 Å². The fourth-order valence-electron chi connectivity index (χ4n) is 7.47. The highest BCUT2D eigenvalue weighted by Crippen LogP contribution is 2.48. The van der Waals surface area contributed by atoms with E-state index in [9.17, 15) is 19.2 Å². The number of fused-ring (bicyclic) bond motifs is 10. The molecule has 2 aromatic heterocycles. The molecule has 0 saturated heterocycles. The first kappa shape index (κ1) is 14.9. The number of ether oxygens (including phenoxy) is 1. The third-order valence-corrected chi connectivity index (χ3v) is 11.2. The van der Waals surface area contributed by atoms with Gasteiger partial charge < -0.3 is 13.7 Å². The van der Waals surface area contributed by atoms with Crippen LogP contribution in [0, 0.1) is 0 Å². The number of furan rings is 1. The van der Waals surface area contributed by atoms with Gasteiger partial charge in [0, 0.05) is 32.0 Å². The van der Waals surface area contributed by atoms with Crippen molar-refractivity contribution in [1.29, 1.82) is 0 Å². The van der Waals surface area contributed by atoms with Gasteiger partial charge in [0.2, 0.25) is 0 Å². The third kappa shape index (κ3) is 4.92. The molecular formula is C54H32BNO2S. The summed E-state index contributed by atoms with van der Waals surface area (Å²) in [6.45, 7) is 0. The van der Waals surface area contributed by atoms with Crippen molar-refractivity contribution in [2.75, 3.05) is 0 Å². The van der Waals surface area contributed by atoms with Gasteiger partial charge in [0.1, 0.15) is 22.7 Å². The van der Waals surface area contributed by atoms with Gasteiger partial charge in [0.25, 0.3) is 5.99 Å². The lowest BCUT2D eigenvalue weighted by atomic mass is 9.57. The number of benzene rings is 9. The molecule has 274 valence electrons. The summed E-state index contributed by atoms with van der Waals surface area (Å²) in [4.78, 5) is -0.421. The SMILES string of the molecule is [2H]c1cc([2H])c2c(c1[2H])c1c([2H])c([2H])c([2H])c([2H])c1n2-c1c([2H])c([2H])c([2H])c([2H])c1-c1c([2H])c2c3c(c1[2H])-c1c([2H])c(-c4c([2H])c([2H])c([2H])c([2H])c4-c4c([2H])c([2H])c5oc6c([2H])c([2H])c([2H])c([2H])c6c5c4[2H])c([2H])c([2H])c1SB3c1c([2H])c([2H])c([2H])c([2H])c1O2. The summed E-state index contributed by atoms with van der Waals surface area (Å²) in [6, 6.07) is -26.3. The molecule has 9 aromatic carbocycles. The molecule has 0 N–H and O–H groups in total. The number of para-hydroxylation sites is 5. The van der Waals surface area contributed by atoms with Crippen molar-refractivity contribution in [3.63, 3.8) is 0 Å². The summed E-state index contributed by atoms with van der Waals surface area (Å²) in [6.07, 6.45) is 0. The molecule has 0 atom stereocenters. The van der Waals surface area contributed by atoms with Crippen molar-refractivity contribution in [2.45, 2.75) is 4.90 Å². The first-order valence-electron chi connectivity index (χ1n) is 33.1. The lowest BCUT2D eigenvalue weighted by Gasteiger charge is -2.33. The van der Waals surface area contributed by atoms with Gasteiger partial charge in [0.15, 0.2) is 0 Å². The van der Waals surface area contributed by atoms with Crippen molar-refractivity contribution >= 4 is 72.3 Å². The first-order chi connectivity index (χ1) is 42.2. The second-order valence-corrected chi connectivity index (χ2v) is 14.2. The quantitative estimate of drug-likeness (QED) is 0.166. The minimum absolute atomic E-state index is 0.327. The Morgan fingerprint density at radius 2 is 1.12 bits per heavy atom. The molecule has 13 rings (SSSR count). The molecule has 0 radical (unpaired) electrons. The fraction of sp³-hybridized carbons (Fsp3) is 0. The van der Waals surface area contributed by atoms with Crippen LogP contribution < -0.4 is 15.7 Å². The van der Waals surface area contributed by atoms with E-state index in [1.165, 1.54) is 0 Å². The topological polar surface area (TPSA) is 27.3 Å². The van der Waals surface area contributed by atoms with Crippen molar-refractivity contribution in [2.24, 2.45) is 0 Å². The Morgan fingerprint density at radius 3 is 2.02 bits per heavy atom. The smallest absolute Gasteiger partial charge is 0.289 e. The Morgan fingerprint density at radius 1 is 0.458 bits per heavy atom. The summed E-state index contributed by atoms with van der Waals surface area (Å²) < 4.78 is 298. The zero-order valence-corrected chi connectivity index (χ0v) is 30.1. The summed E-state index contributed by atoms with van der Waals surface area (Å²) in [7, 11) is 0. The zero-order valence-electron chi connectivity index (χ0n) is 60.3. The van der Waals surface area contributed by atoms with Crippen molar-refractivity contribution in [3.8, 4) is 61.7 Å². The molecule has 0 amide bonds. The maximum atomic E-state index is 10.5. The molecule has 3 nitrogen and oxygen atoms in total. The van der Waals surface area contributed by atoms with Crippen LogP contribution in [0.3, 0.4) is 0 Å². The van der Waals surface area contributed by atoms with Gasteiger partial charge in [0.05, 0.1) is 59.2 Å². The molecule has 0 bridgehead atoms. The van der Waals surface area contributed by atoms with Gasteiger partial charge in [-0.1, -0.05) is 127 Å². The maximum Gasteiger partial charge on any atom is 0.289 e. The molecule has 4 heterocycles. The molecule has 0 fully saturated rings.